The summed E-state index contributed by atoms with van der Waals surface area (Å²) in [6.07, 6.45) is 2.54. The Bertz CT molecular complexity index is 391. The van der Waals surface area contributed by atoms with Crippen LogP contribution in [-0.4, -0.2) is 19.3 Å². The van der Waals surface area contributed by atoms with E-state index in [4.69, 9.17) is 16.3 Å². The van der Waals surface area contributed by atoms with Gasteiger partial charge in [0.1, 0.15) is 0 Å². The van der Waals surface area contributed by atoms with Gasteiger partial charge >= 0.3 is 0 Å². The van der Waals surface area contributed by atoms with Gasteiger partial charge in [-0.05, 0) is 53.4 Å². The van der Waals surface area contributed by atoms with Gasteiger partial charge in [0.2, 0.25) is 0 Å². The average Bonchev–Trinajstić information content (AvgIpc) is 2.18. The minimum atomic E-state index is 0.414. The fraction of sp³-hybridized carbons (Fsp3) is 0.500. The standard InChI is InChI=1S/C12H15BrClNO/c1-7-3-10(13)12(6-11(7)14)15-8-4-9(5-8)16-2/h3,6,8-9,15H,4-5H2,1-2H3. The molecule has 0 aliphatic heterocycles. The molecular formula is C12H15BrClNO. The van der Waals surface area contributed by atoms with Crippen LogP contribution < -0.4 is 5.32 Å². The molecule has 0 bridgehead atoms. The molecule has 0 unspecified atom stereocenters. The van der Waals surface area contributed by atoms with Crippen LogP contribution >= 0.6 is 27.5 Å². The van der Waals surface area contributed by atoms with Crippen LogP contribution in [0.15, 0.2) is 16.6 Å². The molecule has 0 radical (unpaired) electrons. The average molecular weight is 305 g/mol. The summed E-state index contributed by atoms with van der Waals surface area (Å²) < 4.78 is 6.31. The van der Waals surface area contributed by atoms with E-state index in [-0.39, 0.29) is 0 Å². The highest BCUT2D eigenvalue weighted by molar-refractivity contribution is 9.10. The van der Waals surface area contributed by atoms with Gasteiger partial charge in [0.05, 0.1) is 11.8 Å². The molecule has 16 heavy (non-hydrogen) atoms. The molecule has 1 fully saturated rings. The van der Waals surface area contributed by atoms with E-state index in [0.717, 1.165) is 33.6 Å². The van der Waals surface area contributed by atoms with Gasteiger partial charge in [-0.2, -0.15) is 0 Å². The topological polar surface area (TPSA) is 21.3 Å². The third-order valence-corrected chi connectivity index (χ3v) is 4.10. The predicted molar refractivity (Wildman–Crippen MR) is 71.3 cm³/mol. The smallest absolute Gasteiger partial charge is 0.0610 e. The van der Waals surface area contributed by atoms with E-state index in [1.165, 1.54) is 0 Å². The summed E-state index contributed by atoms with van der Waals surface area (Å²) in [6, 6.07) is 4.51. The highest BCUT2D eigenvalue weighted by atomic mass is 79.9. The number of anilines is 1. The molecule has 0 atom stereocenters. The molecule has 1 aromatic carbocycles. The minimum absolute atomic E-state index is 0.414. The molecule has 1 saturated carbocycles. The van der Waals surface area contributed by atoms with Crippen LogP contribution in [0.2, 0.25) is 5.02 Å². The van der Waals surface area contributed by atoms with Gasteiger partial charge in [0.15, 0.2) is 0 Å². The zero-order valence-corrected chi connectivity index (χ0v) is 11.7. The van der Waals surface area contributed by atoms with E-state index >= 15 is 0 Å². The number of hydrogen-bond donors (Lipinski definition) is 1. The van der Waals surface area contributed by atoms with Crippen molar-refractivity contribution < 1.29 is 4.74 Å². The van der Waals surface area contributed by atoms with Crippen molar-refractivity contribution >= 4 is 33.2 Å². The third-order valence-electron chi connectivity index (χ3n) is 3.04. The Morgan fingerprint density at radius 2 is 2.12 bits per heavy atom. The Balaban J connectivity index is 2.02. The largest absolute Gasteiger partial charge is 0.381 e. The fourth-order valence-corrected chi connectivity index (χ4v) is 2.59. The predicted octanol–water partition coefficient (Wildman–Crippen LogP) is 4.00. The maximum atomic E-state index is 6.10. The summed E-state index contributed by atoms with van der Waals surface area (Å²) in [5.74, 6) is 0. The van der Waals surface area contributed by atoms with Gasteiger partial charge in [-0.25, -0.2) is 0 Å². The van der Waals surface area contributed by atoms with Crippen LogP contribution in [-0.2, 0) is 4.74 Å². The minimum Gasteiger partial charge on any atom is -0.381 e. The lowest BCUT2D eigenvalue weighted by atomic mass is 9.89. The summed E-state index contributed by atoms with van der Waals surface area (Å²) in [7, 11) is 1.76. The van der Waals surface area contributed by atoms with E-state index in [2.05, 4.69) is 21.2 Å². The summed E-state index contributed by atoms with van der Waals surface area (Å²) in [6.45, 7) is 2.00. The van der Waals surface area contributed by atoms with Gasteiger partial charge in [-0.3, -0.25) is 0 Å². The number of aryl methyl sites for hydroxylation is 1. The number of rotatable bonds is 3. The normalized spacial score (nSPS) is 24.0. The quantitative estimate of drug-likeness (QED) is 0.911. The Kier molecular flexibility index (Phi) is 3.77. The molecule has 0 saturated heterocycles. The van der Waals surface area contributed by atoms with E-state index in [1.807, 2.05) is 19.1 Å². The molecule has 1 N–H and O–H groups in total. The number of nitrogens with one attached hydrogen (secondary N) is 1. The molecule has 0 amide bonds. The van der Waals surface area contributed by atoms with Crippen LogP contribution in [0, 0.1) is 6.92 Å². The van der Waals surface area contributed by atoms with E-state index in [1.54, 1.807) is 7.11 Å². The van der Waals surface area contributed by atoms with E-state index in [0.29, 0.717) is 12.1 Å². The maximum Gasteiger partial charge on any atom is 0.0610 e. The molecule has 2 rings (SSSR count). The lowest BCUT2D eigenvalue weighted by Crippen LogP contribution is -2.40. The highest BCUT2D eigenvalue weighted by Crippen LogP contribution is 2.33. The Morgan fingerprint density at radius 1 is 1.44 bits per heavy atom. The summed E-state index contributed by atoms with van der Waals surface area (Å²) >= 11 is 9.64. The lowest BCUT2D eigenvalue weighted by Gasteiger charge is -2.35. The Labute approximate surface area is 109 Å². The van der Waals surface area contributed by atoms with E-state index < -0.39 is 0 Å². The van der Waals surface area contributed by atoms with Crippen molar-refractivity contribution in [3.05, 3.63) is 27.2 Å². The molecule has 0 spiro atoms. The van der Waals surface area contributed by atoms with Crippen molar-refractivity contribution in [3.8, 4) is 0 Å². The molecule has 1 aliphatic rings. The van der Waals surface area contributed by atoms with Crippen LogP contribution in [0.4, 0.5) is 5.69 Å². The van der Waals surface area contributed by atoms with Crippen LogP contribution in [0.25, 0.3) is 0 Å². The first-order valence-electron chi connectivity index (χ1n) is 5.35. The number of ether oxygens (including phenoxy) is 1. The van der Waals surface area contributed by atoms with Crippen molar-refractivity contribution in [2.24, 2.45) is 0 Å². The van der Waals surface area contributed by atoms with Crippen LogP contribution in [0.1, 0.15) is 18.4 Å². The molecule has 0 aromatic heterocycles. The van der Waals surface area contributed by atoms with Crippen LogP contribution in [0.3, 0.4) is 0 Å². The SMILES string of the molecule is COC1CC(Nc2cc(Cl)c(C)cc2Br)C1. The molecule has 2 nitrogen and oxygen atoms in total. The third kappa shape index (κ3) is 2.53. The Hall–Kier alpha value is -0.250. The second-order valence-corrected chi connectivity index (χ2v) is 5.51. The summed E-state index contributed by atoms with van der Waals surface area (Å²) in [5.41, 5.74) is 2.15. The highest BCUT2D eigenvalue weighted by Gasteiger charge is 2.29. The van der Waals surface area contributed by atoms with Crippen LogP contribution in [0.5, 0.6) is 0 Å². The number of hydrogen-bond acceptors (Lipinski definition) is 2. The summed E-state index contributed by atoms with van der Waals surface area (Å²) in [4.78, 5) is 0. The van der Waals surface area contributed by atoms with Gasteiger partial charge in [0.25, 0.3) is 0 Å². The Morgan fingerprint density at radius 3 is 2.75 bits per heavy atom. The number of methoxy groups -OCH3 is 1. The molecule has 88 valence electrons. The first-order valence-corrected chi connectivity index (χ1v) is 6.52. The number of benzene rings is 1. The van der Waals surface area contributed by atoms with Crippen molar-refractivity contribution in [2.75, 3.05) is 12.4 Å². The molecule has 1 aliphatic carbocycles. The van der Waals surface area contributed by atoms with Crippen molar-refractivity contribution in [2.45, 2.75) is 31.9 Å². The number of halogens is 2. The van der Waals surface area contributed by atoms with Gasteiger partial charge < -0.3 is 10.1 Å². The molecule has 4 heteroatoms. The first-order chi connectivity index (χ1) is 7.60. The molecule has 0 heterocycles. The summed E-state index contributed by atoms with van der Waals surface area (Å²) in [5, 5.41) is 4.27. The monoisotopic (exact) mass is 303 g/mol. The van der Waals surface area contributed by atoms with Crippen molar-refractivity contribution in [1.29, 1.82) is 0 Å². The van der Waals surface area contributed by atoms with Crippen molar-refractivity contribution in [1.82, 2.24) is 0 Å². The molecular weight excluding hydrogens is 289 g/mol. The fourth-order valence-electron chi connectivity index (χ4n) is 1.85. The van der Waals surface area contributed by atoms with Gasteiger partial charge in [-0.15, -0.1) is 0 Å². The lowest BCUT2D eigenvalue weighted by molar-refractivity contribution is 0.0328. The zero-order chi connectivity index (χ0) is 11.7. The van der Waals surface area contributed by atoms with Crippen molar-refractivity contribution in [3.63, 3.8) is 0 Å². The van der Waals surface area contributed by atoms with Gasteiger partial charge in [0, 0.05) is 22.6 Å². The second-order valence-electron chi connectivity index (χ2n) is 4.25. The second kappa shape index (κ2) is 4.94. The zero-order valence-electron chi connectivity index (χ0n) is 9.39. The molecule has 1 aromatic rings. The maximum absolute atomic E-state index is 6.10. The van der Waals surface area contributed by atoms with E-state index in [9.17, 15) is 0 Å². The van der Waals surface area contributed by atoms with Gasteiger partial charge in [-0.1, -0.05) is 11.6 Å². The first kappa shape index (κ1) is 12.2.